The maximum atomic E-state index is 12.6. The van der Waals surface area contributed by atoms with Gasteiger partial charge >= 0.3 is 0 Å². The van der Waals surface area contributed by atoms with Gasteiger partial charge in [-0.15, -0.1) is 13.2 Å². The van der Waals surface area contributed by atoms with Crippen LogP contribution in [0.25, 0.3) is 0 Å². The zero-order valence-electron chi connectivity index (χ0n) is 14.8. The van der Waals surface area contributed by atoms with Crippen molar-refractivity contribution in [3.63, 3.8) is 0 Å². The Bertz CT molecular complexity index is 758. The average Bonchev–Trinajstić information content (AvgIpc) is 2.59. The zero-order chi connectivity index (χ0) is 19.3. The van der Waals surface area contributed by atoms with Gasteiger partial charge in [-0.2, -0.15) is 8.42 Å². The van der Waals surface area contributed by atoms with Crippen LogP contribution in [0, 0.1) is 0 Å². The van der Waals surface area contributed by atoms with E-state index in [4.69, 9.17) is 13.7 Å². The molecule has 0 saturated carbocycles. The molecule has 0 aliphatic carbocycles. The predicted molar refractivity (Wildman–Crippen MR) is 98.7 cm³/mol. The summed E-state index contributed by atoms with van der Waals surface area (Å²) in [7, 11) is -2.18. The number of hydrogen-bond acceptors (Lipinski definition) is 6. The quantitative estimate of drug-likeness (QED) is 0.350. The molecule has 1 heterocycles. The first-order valence-corrected chi connectivity index (χ1v) is 9.82. The Hall–Kier alpha value is -2.16. The molecule has 0 N–H and O–H groups in total. The number of nitrogens with zero attached hydrogens (tertiary/aromatic N) is 1. The SMILES string of the molecule is C=CCO[C@H]1C(=O)N(c2ccc(OC)cc2)[C@@H]1[C@@H](CC=C)OS(C)(=O)=O. The number of β-lactam (4-membered cyclic amide) rings is 1. The van der Waals surface area contributed by atoms with Crippen LogP contribution in [0.3, 0.4) is 0 Å². The Labute approximate surface area is 154 Å². The first-order valence-electron chi connectivity index (χ1n) is 8.01. The second kappa shape index (κ2) is 8.48. The standard InChI is InChI=1S/C18H23NO6S/c1-5-7-15(25-26(4,21)22)16-17(24-12-6-2)18(20)19(16)13-8-10-14(23-3)11-9-13/h5-6,8-11,15-17H,1-2,7,12H2,3-4H3/t15-,16-,17-/m1/s1. The van der Waals surface area contributed by atoms with Gasteiger partial charge in [0, 0.05) is 5.69 Å². The molecule has 0 unspecified atom stereocenters. The van der Waals surface area contributed by atoms with E-state index in [1.54, 1.807) is 37.5 Å². The fourth-order valence-corrected chi connectivity index (χ4v) is 3.49. The molecule has 0 spiro atoms. The lowest BCUT2D eigenvalue weighted by atomic mass is 9.90. The van der Waals surface area contributed by atoms with Crippen molar-refractivity contribution >= 4 is 21.7 Å². The molecule has 142 valence electrons. The first kappa shape index (κ1) is 20.2. The van der Waals surface area contributed by atoms with Crippen LogP contribution in [0.15, 0.2) is 49.6 Å². The van der Waals surface area contributed by atoms with Crippen LogP contribution >= 0.6 is 0 Å². The van der Waals surface area contributed by atoms with E-state index in [1.165, 1.54) is 11.0 Å². The van der Waals surface area contributed by atoms with Gasteiger partial charge in [0.15, 0.2) is 6.10 Å². The molecule has 1 saturated heterocycles. The van der Waals surface area contributed by atoms with Gasteiger partial charge in [-0.3, -0.25) is 8.98 Å². The summed E-state index contributed by atoms with van der Waals surface area (Å²) in [6.45, 7) is 7.39. The fourth-order valence-electron chi connectivity index (χ4n) is 2.85. The lowest BCUT2D eigenvalue weighted by molar-refractivity contribution is -0.144. The van der Waals surface area contributed by atoms with Crippen LogP contribution in [0.2, 0.25) is 0 Å². The molecule has 0 aromatic heterocycles. The van der Waals surface area contributed by atoms with Crippen LogP contribution in [-0.2, 0) is 23.8 Å². The van der Waals surface area contributed by atoms with E-state index in [1.807, 2.05) is 0 Å². The predicted octanol–water partition coefficient (Wildman–Crippen LogP) is 1.90. The minimum absolute atomic E-state index is 0.170. The number of amides is 1. The average molecular weight is 381 g/mol. The normalized spacial score (nSPS) is 21.0. The van der Waals surface area contributed by atoms with Crippen LogP contribution in [0.1, 0.15) is 6.42 Å². The molecule has 1 fully saturated rings. The third kappa shape index (κ3) is 4.51. The Morgan fingerprint density at radius 1 is 1.23 bits per heavy atom. The summed E-state index contributed by atoms with van der Waals surface area (Å²) in [4.78, 5) is 14.1. The molecule has 1 aliphatic rings. The van der Waals surface area contributed by atoms with Gasteiger partial charge in [-0.05, 0) is 30.7 Å². The maximum Gasteiger partial charge on any atom is 0.264 e. The smallest absolute Gasteiger partial charge is 0.264 e. The van der Waals surface area contributed by atoms with Crippen LogP contribution in [0.4, 0.5) is 5.69 Å². The van der Waals surface area contributed by atoms with Crippen molar-refractivity contribution in [2.75, 3.05) is 24.9 Å². The van der Waals surface area contributed by atoms with Gasteiger partial charge in [0.25, 0.3) is 16.0 Å². The van der Waals surface area contributed by atoms with Crippen molar-refractivity contribution in [3.8, 4) is 5.75 Å². The number of rotatable bonds is 10. The topological polar surface area (TPSA) is 82.1 Å². The summed E-state index contributed by atoms with van der Waals surface area (Å²) < 4.78 is 39.2. The molecule has 1 aromatic carbocycles. The van der Waals surface area contributed by atoms with E-state index in [9.17, 15) is 13.2 Å². The van der Waals surface area contributed by atoms with Gasteiger partial charge in [0.2, 0.25) is 0 Å². The van der Waals surface area contributed by atoms with Gasteiger partial charge < -0.3 is 14.4 Å². The van der Waals surface area contributed by atoms with Crippen molar-refractivity contribution in [1.29, 1.82) is 0 Å². The van der Waals surface area contributed by atoms with Crippen molar-refractivity contribution in [2.45, 2.75) is 24.7 Å². The van der Waals surface area contributed by atoms with Crippen molar-refractivity contribution in [3.05, 3.63) is 49.6 Å². The summed E-state index contributed by atoms with van der Waals surface area (Å²) in [6, 6.07) is 6.27. The highest BCUT2D eigenvalue weighted by atomic mass is 32.2. The lowest BCUT2D eigenvalue weighted by Gasteiger charge is -2.49. The van der Waals surface area contributed by atoms with E-state index in [2.05, 4.69) is 13.2 Å². The molecule has 1 aromatic rings. The number of ether oxygens (including phenoxy) is 2. The molecular formula is C18H23NO6S. The molecule has 7 nitrogen and oxygen atoms in total. The van der Waals surface area contributed by atoms with E-state index < -0.39 is 28.4 Å². The number of benzene rings is 1. The largest absolute Gasteiger partial charge is 0.497 e. The highest BCUT2D eigenvalue weighted by molar-refractivity contribution is 7.86. The fraction of sp³-hybridized carbons (Fsp3) is 0.389. The molecule has 2 rings (SSSR count). The third-order valence-electron chi connectivity index (χ3n) is 3.91. The molecule has 8 heteroatoms. The highest BCUT2D eigenvalue weighted by Gasteiger charge is 2.53. The van der Waals surface area contributed by atoms with Gasteiger partial charge in [-0.25, -0.2) is 0 Å². The van der Waals surface area contributed by atoms with Gasteiger partial charge in [-0.1, -0.05) is 12.2 Å². The monoisotopic (exact) mass is 381 g/mol. The van der Waals surface area contributed by atoms with E-state index >= 15 is 0 Å². The summed E-state index contributed by atoms with van der Waals surface area (Å²) in [6.07, 6.45) is 2.67. The number of carbonyl (C=O) groups excluding carboxylic acids is 1. The molecule has 0 bridgehead atoms. The molecule has 0 radical (unpaired) electrons. The molecular weight excluding hydrogens is 358 g/mol. The second-order valence-corrected chi connectivity index (χ2v) is 7.40. The van der Waals surface area contributed by atoms with Crippen molar-refractivity contribution in [2.24, 2.45) is 0 Å². The number of anilines is 1. The third-order valence-corrected chi connectivity index (χ3v) is 4.51. The number of methoxy groups -OCH3 is 1. The van der Waals surface area contributed by atoms with Gasteiger partial charge in [0.1, 0.15) is 17.9 Å². The van der Waals surface area contributed by atoms with E-state index in [0.29, 0.717) is 11.4 Å². The second-order valence-electron chi connectivity index (χ2n) is 5.80. The van der Waals surface area contributed by atoms with Crippen LogP contribution in [0.5, 0.6) is 5.75 Å². The van der Waals surface area contributed by atoms with E-state index in [0.717, 1.165) is 6.26 Å². The minimum atomic E-state index is -3.73. The summed E-state index contributed by atoms with van der Waals surface area (Å²) in [5.41, 5.74) is 0.602. The lowest BCUT2D eigenvalue weighted by Crippen LogP contribution is -2.70. The molecule has 1 aliphatic heterocycles. The maximum absolute atomic E-state index is 12.6. The molecule has 26 heavy (non-hydrogen) atoms. The number of hydrogen-bond donors (Lipinski definition) is 0. The summed E-state index contributed by atoms with van der Waals surface area (Å²) >= 11 is 0. The van der Waals surface area contributed by atoms with Crippen LogP contribution in [-0.4, -0.2) is 52.5 Å². The highest BCUT2D eigenvalue weighted by Crippen LogP contribution is 2.35. The minimum Gasteiger partial charge on any atom is -0.497 e. The zero-order valence-corrected chi connectivity index (χ0v) is 15.6. The Morgan fingerprint density at radius 2 is 1.88 bits per heavy atom. The van der Waals surface area contributed by atoms with Crippen LogP contribution < -0.4 is 9.64 Å². The summed E-state index contributed by atoms with van der Waals surface area (Å²) in [5, 5.41) is 0. The summed E-state index contributed by atoms with van der Waals surface area (Å²) in [5.74, 6) is 0.376. The Kier molecular flexibility index (Phi) is 6.57. The first-order chi connectivity index (χ1) is 12.3. The van der Waals surface area contributed by atoms with E-state index in [-0.39, 0.29) is 18.9 Å². The number of carbonyl (C=O) groups is 1. The Morgan fingerprint density at radius 3 is 2.38 bits per heavy atom. The van der Waals surface area contributed by atoms with Gasteiger partial charge in [0.05, 0.1) is 20.0 Å². The Balaban J connectivity index is 2.35. The van der Waals surface area contributed by atoms with Crippen molar-refractivity contribution < 1.29 is 26.9 Å². The molecule has 1 amide bonds. The van der Waals surface area contributed by atoms with Crippen molar-refractivity contribution in [1.82, 2.24) is 0 Å². The molecule has 3 atom stereocenters.